The maximum atomic E-state index is 12.5. The third-order valence-corrected chi connectivity index (χ3v) is 5.64. The molecule has 0 aliphatic carbocycles. The SMILES string of the molecule is COc1ccc2c(CN3C[C@H](NC(=O)OC(C)(C)C)C[C@H](NC(=O)OC(C)(C)C)C3)cn(C)c2c1. The standard InChI is InChI=1S/C26H40N4O5/c1-25(2,3)34-23(31)27-18-11-19(28-24(32)35-26(4,5)6)16-30(15-18)14-17-13-29(7)22-12-20(33-8)9-10-21(17)22/h9-10,12-13,18-19H,11,14-16H2,1-8H3,(H,27,31)(H,28,32)/t18-,19+. The first-order valence-corrected chi connectivity index (χ1v) is 12.1. The second-order valence-corrected chi connectivity index (χ2v) is 11.3. The summed E-state index contributed by atoms with van der Waals surface area (Å²) < 4.78 is 18.4. The largest absolute Gasteiger partial charge is 0.497 e. The number of carbonyl (C=O) groups excluding carboxylic acids is 2. The number of aromatic nitrogens is 1. The molecule has 0 saturated carbocycles. The van der Waals surface area contributed by atoms with Gasteiger partial charge in [0.1, 0.15) is 17.0 Å². The predicted molar refractivity (Wildman–Crippen MR) is 136 cm³/mol. The van der Waals surface area contributed by atoms with Gasteiger partial charge in [0.05, 0.1) is 12.6 Å². The molecule has 2 heterocycles. The first-order chi connectivity index (χ1) is 16.2. The van der Waals surface area contributed by atoms with Crippen molar-refractivity contribution >= 4 is 23.1 Å². The van der Waals surface area contributed by atoms with Crippen LogP contribution in [-0.2, 0) is 23.1 Å². The van der Waals surface area contributed by atoms with Gasteiger partial charge >= 0.3 is 12.2 Å². The molecule has 2 atom stereocenters. The highest BCUT2D eigenvalue weighted by atomic mass is 16.6. The smallest absolute Gasteiger partial charge is 0.407 e. The highest BCUT2D eigenvalue weighted by Gasteiger charge is 2.32. The number of alkyl carbamates (subject to hydrolysis) is 2. The number of hydrogen-bond acceptors (Lipinski definition) is 6. The maximum absolute atomic E-state index is 12.5. The Balaban J connectivity index is 1.77. The van der Waals surface area contributed by atoms with Crippen LogP contribution in [0.15, 0.2) is 24.4 Å². The van der Waals surface area contributed by atoms with Gasteiger partial charge in [-0.2, -0.15) is 0 Å². The van der Waals surface area contributed by atoms with Gasteiger partial charge in [-0.3, -0.25) is 4.90 Å². The molecule has 9 heteroatoms. The van der Waals surface area contributed by atoms with Crippen molar-refractivity contribution in [2.45, 2.75) is 77.8 Å². The molecule has 0 spiro atoms. The molecule has 2 amide bonds. The number of nitrogens with one attached hydrogen (secondary N) is 2. The molecule has 1 aromatic heterocycles. The average molecular weight is 489 g/mol. The molecule has 194 valence electrons. The maximum Gasteiger partial charge on any atom is 0.407 e. The molecular weight excluding hydrogens is 448 g/mol. The van der Waals surface area contributed by atoms with Gasteiger partial charge in [-0.15, -0.1) is 0 Å². The summed E-state index contributed by atoms with van der Waals surface area (Å²) in [5.74, 6) is 0.812. The second-order valence-electron chi connectivity index (χ2n) is 11.3. The van der Waals surface area contributed by atoms with Crippen molar-refractivity contribution < 1.29 is 23.8 Å². The number of rotatable bonds is 5. The van der Waals surface area contributed by atoms with E-state index in [-0.39, 0.29) is 12.1 Å². The molecule has 9 nitrogen and oxygen atoms in total. The van der Waals surface area contributed by atoms with Crippen molar-refractivity contribution in [3.05, 3.63) is 30.0 Å². The van der Waals surface area contributed by atoms with Crippen molar-refractivity contribution in [1.29, 1.82) is 0 Å². The molecule has 0 radical (unpaired) electrons. The van der Waals surface area contributed by atoms with Gasteiger partial charge in [-0.05, 0) is 65.7 Å². The van der Waals surface area contributed by atoms with Crippen molar-refractivity contribution in [2.75, 3.05) is 20.2 Å². The molecule has 0 bridgehead atoms. The van der Waals surface area contributed by atoms with E-state index in [1.165, 1.54) is 5.56 Å². The van der Waals surface area contributed by atoms with E-state index in [1.54, 1.807) is 7.11 Å². The van der Waals surface area contributed by atoms with Gasteiger partial charge in [-0.1, -0.05) is 0 Å². The molecular formula is C26H40N4O5. The Morgan fingerprint density at radius 2 is 1.51 bits per heavy atom. The summed E-state index contributed by atoms with van der Waals surface area (Å²) in [5.41, 5.74) is 1.08. The minimum Gasteiger partial charge on any atom is -0.497 e. The summed E-state index contributed by atoms with van der Waals surface area (Å²) in [7, 11) is 3.68. The Hall–Kier alpha value is -2.94. The third kappa shape index (κ3) is 7.78. The van der Waals surface area contributed by atoms with Gasteiger partial charge in [0.2, 0.25) is 0 Å². The number of ether oxygens (including phenoxy) is 3. The fourth-order valence-corrected chi connectivity index (χ4v) is 4.42. The molecule has 3 rings (SSSR count). The van der Waals surface area contributed by atoms with Crippen LogP contribution in [0.25, 0.3) is 10.9 Å². The lowest BCUT2D eigenvalue weighted by atomic mass is 10.00. The highest BCUT2D eigenvalue weighted by molar-refractivity contribution is 5.85. The predicted octanol–water partition coefficient (Wildman–Crippen LogP) is 4.18. The Kier molecular flexibility index (Phi) is 7.89. The van der Waals surface area contributed by atoms with E-state index in [0.29, 0.717) is 26.1 Å². The Bertz CT molecular complexity index is 1010. The summed E-state index contributed by atoms with van der Waals surface area (Å²) in [5, 5.41) is 7.11. The zero-order chi connectivity index (χ0) is 26.0. The van der Waals surface area contributed by atoms with Crippen LogP contribution < -0.4 is 15.4 Å². The van der Waals surface area contributed by atoms with E-state index < -0.39 is 23.4 Å². The number of nitrogens with zero attached hydrogens (tertiary/aromatic N) is 2. The van der Waals surface area contributed by atoms with Gasteiger partial charge in [0, 0.05) is 56.4 Å². The Labute approximate surface area is 208 Å². The number of piperidine rings is 1. The fourth-order valence-electron chi connectivity index (χ4n) is 4.42. The van der Waals surface area contributed by atoms with Crippen molar-refractivity contribution in [2.24, 2.45) is 7.05 Å². The van der Waals surface area contributed by atoms with Crippen molar-refractivity contribution in [3.63, 3.8) is 0 Å². The van der Waals surface area contributed by atoms with Crippen LogP contribution in [0.1, 0.15) is 53.5 Å². The molecule has 1 saturated heterocycles. The van der Waals surface area contributed by atoms with Gasteiger partial charge < -0.3 is 29.4 Å². The fraction of sp³-hybridized carbons (Fsp3) is 0.615. The highest BCUT2D eigenvalue weighted by Crippen LogP contribution is 2.27. The number of fused-ring (bicyclic) bond motifs is 1. The van der Waals surface area contributed by atoms with E-state index in [0.717, 1.165) is 16.7 Å². The van der Waals surface area contributed by atoms with Crippen LogP contribution in [-0.4, -0.2) is 65.1 Å². The molecule has 0 unspecified atom stereocenters. The number of hydrogen-bond donors (Lipinski definition) is 2. The lowest BCUT2D eigenvalue weighted by molar-refractivity contribution is 0.0409. The topological polar surface area (TPSA) is 94.1 Å². The van der Waals surface area contributed by atoms with Gasteiger partial charge in [0.15, 0.2) is 0 Å². The van der Waals surface area contributed by atoms with Crippen LogP contribution in [0.2, 0.25) is 0 Å². The lowest BCUT2D eigenvalue weighted by Crippen LogP contribution is -2.57. The molecule has 2 N–H and O–H groups in total. The molecule has 1 aliphatic rings. The van der Waals surface area contributed by atoms with Gasteiger partial charge in [-0.25, -0.2) is 9.59 Å². The van der Waals surface area contributed by atoms with Crippen LogP contribution in [0.5, 0.6) is 5.75 Å². The molecule has 2 aromatic rings. The Morgan fingerprint density at radius 3 is 2.00 bits per heavy atom. The van der Waals surface area contributed by atoms with Crippen molar-refractivity contribution in [1.82, 2.24) is 20.1 Å². The number of amides is 2. The number of carbonyl (C=O) groups is 2. The van der Waals surface area contributed by atoms with E-state index in [1.807, 2.05) is 60.7 Å². The Morgan fingerprint density at radius 1 is 0.971 bits per heavy atom. The summed E-state index contributed by atoms with van der Waals surface area (Å²) in [4.78, 5) is 27.2. The normalized spacial score (nSPS) is 19.3. The quantitative estimate of drug-likeness (QED) is 0.656. The summed E-state index contributed by atoms with van der Waals surface area (Å²) in [6.45, 7) is 13.0. The zero-order valence-corrected chi connectivity index (χ0v) is 22.2. The minimum absolute atomic E-state index is 0.186. The number of benzene rings is 1. The number of likely N-dealkylation sites (tertiary alicyclic amines) is 1. The summed E-state index contributed by atoms with van der Waals surface area (Å²) in [6.07, 6.45) is 1.78. The van der Waals surface area contributed by atoms with Gasteiger partial charge in [0.25, 0.3) is 0 Å². The van der Waals surface area contributed by atoms with E-state index >= 15 is 0 Å². The zero-order valence-electron chi connectivity index (χ0n) is 22.2. The van der Waals surface area contributed by atoms with Crippen molar-refractivity contribution in [3.8, 4) is 5.75 Å². The summed E-state index contributed by atoms with van der Waals surface area (Å²) in [6, 6.07) is 5.68. The third-order valence-electron chi connectivity index (χ3n) is 5.64. The van der Waals surface area contributed by atoms with E-state index in [4.69, 9.17) is 14.2 Å². The molecule has 1 aromatic carbocycles. The lowest BCUT2D eigenvalue weighted by Gasteiger charge is -2.38. The number of aryl methyl sites for hydroxylation is 1. The molecule has 35 heavy (non-hydrogen) atoms. The van der Waals surface area contributed by atoms with Crippen LogP contribution in [0.4, 0.5) is 9.59 Å². The molecule has 1 aliphatic heterocycles. The summed E-state index contributed by atoms with van der Waals surface area (Å²) >= 11 is 0. The first-order valence-electron chi connectivity index (χ1n) is 12.1. The first kappa shape index (κ1) is 26.7. The van der Waals surface area contributed by atoms with E-state index in [2.05, 4.69) is 32.4 Å². The van der Waals surface area contributed by atoms with E-state index in [9.17, 15) is 9.59 Å². The number of methoxy groups -OCH3 is 1. The van der Waals surface area contributed by atoms with Crippen LogP contribution >= 0.6 is 0 Å². The second kappa shape index (κ2) is 10.4. The monoisotopic (exact) mass is 488 g/mol. The minimum atomic E-state index is -0.587. The molecule has 1 fully saturated rings. The van der Waals surface area contributed by atoms with Crippen LogP contribution in [0, 0.1) is 0 Å². The average Bonchev–Trinajstić information content (AvgIpc) is 2.99. The van der Waals surface area contributed by atoms with Crippen LogP contribution in [0.3, 0.4) is 0 Å².